The minimum Gasteiger partial charge on any atom is -0.385 e. The van der Waals surface area contributed by atoms with E-state index in [1.807, 2.05) is 0 Å². The van der Waals surface area contributed by atoms with Crippen molar-refractivity contribution in [3.8, 4) is 0 Å². The summed E-state index contributed by atoms with van der Waals surface area (Å²) in [4.78, 5) is 17.2. The summed E-state index contributed by atoms with van der Waals surface area (Å²) in [6, 6.07) is 4.65. The van der Waals surface area contributed by atoms with E-state index in [0.29, 0.717) is 39.4 Å². The molecule has 1 aliphatic rings. The second-order valence-electron chi connectivity index (χ2n) is 7.85. The minimum atomic E-state index is -3.52. The number of nitrogens with one attached hydrogen (secondary N) is 3. The maximum Gasteiger partial charge on any atom is 0.271 e. The highest BCUT2D eigenvalue weighted by molar-refractivity contribution is 7.90. The van der Waals surface area contributed by atoms with Crippen molar-refractivity contribution in [2.45, 2.75) is 18.7 Å². The molecule has 1 atom stereocenters. The van der Waals surface area contributed by atoms with E-state index >= 15 is 0 Å². The van der Waals surface area contributed by atoms with E-state index in [2.05, 4.69) is 36.3 Å². The normalized spacial score (nSPS) is 18.3. The van der Waals surface area contributed by atoms with E-state index in [9.17, 15) is 13.2 Å². The van der Waals surface area contributed by atoms with Crippen LogP contribution in [0.4, 0.5) is 17.2 Å². The fraction of sp³-hybridized carbons (Fsp3) is 0.316. The molecule has 1 aliphatic heterocycles. The number of hydrogen-bond acceptors (Lipinski definition) is 9. The molecule has 4 aromatic rings. The summed E-state index contributed by atoms with van der Waals surface area (Å²) in [6.07, 6.45) is 1.41. The molecule has 0 spiro atoms. The van der Waals surface area contributed by atoms with Crippen LogP contribution in [0.25, 0.3) is 16.7 Å². The first-order valence-corrected chi connectivity index (χ1v) is 11.7. The molecule has 5 rings (SSSR count). The van der Waals surface area contributed by atoms with Crippen LogP contribution in [0.15, 0.2) is 24.4 Å². The Morgan fingerprint density at radius 2 is 2.06 bits per heavy atom. The number of sulfone groups is 1. The number of anilines is 3. The lowest BCUT2D eigenvalue weighted by Gasteiger charge is -2.16. The lowest BCUT2D eigenvalue weighted by atomic mass is 10.2. The summed E-state index contributed by atoms with van der Waals surface area (Å²) in [5.41, 5.74) is 3.73. The molecule has 166 valence electrons. The quantitative estimate of drug-likeness (QED) is 0.380. The molecule has 13 heteroatoms. The second kappa shape index (κ2) is 7.15. The van der Waals surface area contributed by atoms with Gasteiger partial charge in [0.15, 0.2) is 27.0 Å². The van der Waals surface area contributed by atoms with E-state index in [1.54, 1.807) is 43.9 Å². The molecular weight excluding hydrogens is 434 g/mol. The molecule has 3 N–H and O–H groups in total. The summed E-state index contributed by atoms with van der Waals surface area (Å²) in [7, 11) is -0.0227. The first-order valence-electron chi connectivity index (χ1n) is 9.91. The number of hydrogen-bond donors (Lipinski definition) is 3. The molecule has 0 aliphatic carbocycles. The third-order valence-electron chi connectivity index (χ3n) is 5.28. The van der Waals surface area contributed by atoms with Crippen LogP contribution >= 0.6 is 0 Å². The predicted octanol–water partition coefficient (Wildman–Crippen LogP) is 0.843. The van der Waals surface area contributed by atoms with E-state index in [0.717, 1.165) is 0 Å². The van der Waals surface area contributed by atoms with Gasteiger partial charge >= 0.3 is 0 Å². The van der Waals surface area contributed by atoms with Crippen molar-refractivity contribution in [3.63, 3.8) is 0 Å². The molecule has 4 bridgehead atoms. The van der Waals surface area contributed by atoms with Crippen molar-refractivity contribution < 1.29 is 13.2 Å². The zero-order chi connectivity index (χ0) is 22.6. The second-order valence-corrected chi connectivity index (χ2v) is 9.96. The SMILES string of the molecule is CNc1cc2nn3c(cnc13)C(=O)N[C@H](C)CS(=O)(=O)Cc1cc(c3nnn(C)c3c1)N2. The molecule has 0 fully saturated rings. The maximum atomic E-state index is 12.9. The number of aromatic nitrogens is 6. The highest BCUT2D eigenvalue weighted by atomic mass is 32.2. The van der Waals surface area contributed by atoms with Crippen LogP contribution in [0, 0.1) is 0 Å². The maximum absolute atomic E-state index is 12.9. The van der Waals surface area contributed by atoms with Crippen molar-refractivity contribution in [2.24, 2.45) is 7.05 Å². The van der Waals surface area contributed by atoms with E-state index in [1.165, 1.54) is 10.7 Å². The van der Waals surface area contributed by atoms with E-state index in [-0.39, 0.29) is 17.2 Å². The minimum absolute atomic E-state index is 0.185. The van der Waals surface area contributed by atoms with Gasteiger partial charge in [0.1, 0.15) is 5.52 Å². The Balaban J connectivity index is 1.77. The molecule has 0 radical (unpaired) electrons. The van der Waals surface area contributed by atoms with Gasteiger partial charge in [-0.1, -0.05) is 5.21 Å². The van der Waals surface area contributed by atoms with Crippen LogP contribution < -0.4 is 16.0 Å². The molecule has 0 saturated heterocycles. The number of fused-ring (bicyclic) bond motifs is 5. The van der Waals surface area contributed by atoms with Crippen molar-refractivity contribution >= 4 is 49.6 Å². The Morgan fingerprint density at radius 1 is 1.25 bits per heavy atom. The monoisotopic (exact) mass is 455 g/mol. The number of carbonyl (C=O) groups is 1. The van der Waals surface area contributed by atoms with Crippen LogP contribution in [-0.2, 0) is 22.6 Å². The summed E-state index contributed by atoms with van der Waals surface area (Å²) in [5, 5.41) is 21.9. The molecule has 0 saturated carbocycles. The molecule has 0 unspecified atom stereocenters. The predicted molar refractivity (Wildman–Crippen MR) is 119 cm³/mol. The summed E-state index contributed by atoms with van der Waals surface area (Å²) in [6.45, 7) is 1.66. The Labute approximate surface area is 182 Å². The van der Waals surface area contributed by atoms with Crippen LogP contribution in [0.1, 0.15) is 23.0 Å². The Morgan fingerprint density at radius 3 is 2.84 bits per heavy atom. The standard InChI is InChI=1S/C19H21N9O3S/c1-10-8-32(30,31)9-11-4-12(17-14(5-11)27(3)26-24-17)23-16-6-13(20-2)18-21-7-15(19(29)22-10)28(18)25-16/h4-7,10,20H,8-9H2,1-3H3,(H,22,29)(H,23,25)/t10-/m1/s1. The highest BCUT2D eigenvalue weighted by Gasteiger charge is 2.24. The molecule has 4 heterocycles. The van der Waals surface area contributed by atoms with Crippen LogP contribution in [0.2, 0.25) is 0 Å². The molecule has 3 aromatic heterocycles. The van der Waals surface area contributed by atoms with Gasteiger partial charge in [0, 0.05) is 26.2 Å². The van der Waals surface area contributed by atoms with Gasteiger partial charge in [-0.3, -0.25) is 4.79 Å². The third-order valence-corrected chi connectivity index (χ3v) is 7.06. The van der Waals surface area contributed by atoms with Gasteiger partial charge in [0.25, 0.3) is 5.91 Å². The number of benzene rings is 1. The Hall–Kier alpha value is -3.74. The fourth-order valence-corrected chi connectivity index (χ4v) is 5.54. The van der Waals surface area contributed by atoms with Crippen LogP contribution in [0.3, 0.4) is 0 Å². The fourth-order valence-electron chi connectivity index (χ4n) is 3.91. The Bertz CT molecular complexity index is 1490. The molecule has 12 nitrogen and oxygen atoms in total. The van der Waals surface area contributed by atoms with Gasteiger partial charge in [-0.05, 0) is 24.6 Å². The average Bonchev–Trinajstić information content (AvgIpc) is 3.30. The molecule has 1 amide bonds. The zero-order valence-electron chi connectivity index (χ0n) is 17.6. The van der Waals surface area contributed by atoms with Crippen molar-refractivity contribution in [2.75, 3.05) is 23.4 Å². The lowest BCUT2D eigenvalue weighted by molar-refractivity contribution is 0.0936. The number of carbonyl (C=O) groups excluding carboxylic acids is 1. The summed E-state index contributed by atoms with van der Waals surface area (Å²) < 4.78 is 28.7. The lowest BCUT2D eigenvalue weighted by Crippen LogP contribution is -2.38. The third kappa shape index (κ3) is 3.39. The molecular formula is C19H21N9O3S. The number of amides is 1. The van der Waals surface area contributed by atoms with Crippen molar-refractivity contribution in [3.05, 3.63) is 35.7 Å². The first-order chi connectivity index (χ1) is 15.2. The van der Waals surface area contributed by atoms with Crippen LogP contribution in [-0.4, -0.2) is 62.8 Å². The summed E-state index contributed by atoms with van der Waals surface area (Å²) >= 11 is 0. The van der Waals surface area contributed by atoms with Crippen molar-refractivity contribution in [1.82, 2.24) is 34.9 Å². The molecule has 1 aromatic carbocycles. The smallest absolute Gasteiger partial charge is 0.271 e. The van der Waals surface area contributed by atoms with Gasteiger partial charge in [0.05, 0.1) is 34.6 Å². The zero-order valence-corrected chi connectivity index (χ0v) is 18.4. The highest BCUT2D eigenvalue weighted by Crippen LogP contribution is 2.29. The van der Waals surface area contributed by atoms with Gasteiger partial charge in [-0.2, -0.15) is 0 Å². The largest absolute Gasteiger partial charge is 0.385 e. The van der Waals surface area contributed by atoms with Gasteiger partial charge in [0.2, 0.25) is 0 Å². The van der Waals surface area contributed by atoms with Gasteiger partial charge < -0.3 is 16.0 Å². The average molecular weight is 456 g/mol. The van der Waals surface area contributed by atoms with E-state index < -0.39 is 21.8 Å². The topological polar surface area (TPSA) is 148 Å². The van der Waals surface area contributed by atoms with E-state index in [4.69, 9.17) is 0 Å². The number of nitrogens with zero attached hydrogens (tertiary/aromatic N) is 6. The van der Waals surface area contributed by atoms with Crippen LogP contribution in [0.5, 0.6) is 0 Å². The number of rotatable bonds is 1. The Kier molecular flexibility index (Phi) is 4.51. The first kappa shape index (κ1) is 20.2. The molecule has 32 heavy (non-hydrogen) atoms. The number of aryl methyl sites for hydroxylation is 1. The summed E-state index contributed by atoms with van der Waals surface area (Å²) in [5.74, 6) is -0.431. The van der Waals surface area contributed by atoms with Crippen molar-refractivity contribution in [1.29, 1.82) is 0 Å². The number of imidazole rings is 1. The van der Waals surface area contributed by atoms with Gasteiger partial charge in [-0.25, -0.2) is 22.6 Å². The van der Waals surface area contributed by atoms with Gasteiger partial charge in [-0.15, -0.1) is 10.2 Å².